The van der Waals surface area contributed by atoms with Gasteiger partial charge >= 0.3 is 0 Å². The van der Waals surface area contributed by atoms with Crippen molar-refractivity contribution in [2.24, 2.45) is 0 Å². The number of halogens is 2. The summed E-state index contributed by atoms with van der Waals surface area (Å²) in [6, 6.07) is 10.5. The molecule has 3 rings (SSSR count). The lowest BCUT2D eigenvalue weighted by molar-refractivity contribution is -0.124. The summed E-state index contributed by atoms with van der Waals surface area (Å²) in [7, 11) is 0. The zero-order chi connectivity index (χ0) is 23.4. The van der Waals surface area contributed by atoms with Crippen molar-refractivity contribution in [2.75, 3.05) is 11.1 Å². The van der Waals surface area contributed by atoms with Crippen LogP contribution in [0.2, 0.25) is 0 Å². The van der Waals surface area contributed by atoms with Crippen LogP contribution in [0.15, 0.2) is 54.7 Å². The molecule has 0 saturated heterocycles. The van der Waals surface area contributed by atoms with E-state index in [0.717, 1.165) is 12.1 Å². The predicted molar refractivity (Wildman–Crippen MR) is 117 cm³/mol. The van der Waals surface area contributed by atoms with Crippen molar-refractivity contribution >= 4 is 23.3 Å². The number of anilines is 2. The third kappa shape index (κ3) is 5.44. The molecule has 0 aliphatic heterocycles. The van der Waals surface area contributed by atoms with E-state index in [1.54, 1.807) is 30.3 Å². The lowest BCUT2D eigenvalue weighted by Crippen LogP contribution is -2.30. The van der Waals surface area contributed by atoms with Gasteiger partial charge in [0.2, 0.25) is 0 Å². The smallest absolute Gasteiger partial charge is 0.257 e. The number of nitrogens with zero attached hydrogens (tertiary/aromatic N) is 1. The fourth-order valence-corrected chi connectivity index (χ4v) is 3.00. The van der Waals surface area contributed by atoms with Gasteiger partial charge in [0.1, 0.15) is 17.5 Å². The lowest BCUT2D eigenvalue weighted by atomic mass is 10.0. The van der Waals surface area contributed by atoms with E-state index in [1.165, 1.54) is 6.20 Å². The number of aromatic nitrogens is 1. The molecule has 0 aliphatic carbocycles. The van der Waals surface area contributed by atoms with Crippen molar-refractivity contribution < 1.29 is 23.5 Å². The van der Waals surface area contributed by atoms with Gasteiger partial charge in [-0.05, 0) is 55.3 Å². The van der Waals surface area contributed by atoms with E-state index < -0.39 is 23.6 Å². The zero-order valence-electron chi connectivity index (χ0n) is 17.4. The van der Waals surface area contributed by atoms with Gasteiger partial charge in [-0.25, -0.2) is 13.8 Å². The van der Waals surface area contributed by atoms with Crippen molar-refractivity contribution in [2.45, 2.75) is 26.0 Å². The number of pyridine rings is 1. The number of hydrogen-bond donors (Lipinski definition) is 4. The third-order valence-electron chi connectivity index (χ3n) is 4.52. The molecular formula is C23H22F2N4O3. The second-order valence-electron chi connectivity index (χ2n) is 7.46. The first-order valence-corrected chi connectivity index (χ1v) is 9.76. The summed E-state index contributed by atoms with van der Waals surface area (Å²) in [4.78, 5) is 28.6. The molecule has 2 amide bonds. The van der Waals surface area contributed by atoms with Gasteiger partial charge in [-0.1, -0.05) is 12.1 Å². The molecule has 0 fully saturated rings. The van der Waals surface area contributed by atoms with E-state index in [0.29, 0.717) is 22.9 Å². The number of carbonyl (C=O) groups is 2. The molecule has 32 heavy (non-hydrogen) atoms. The molecular weight excluding hydrogens is 418 g/mol. The summed E-state index contributed by atoms with van der Waals surface area (Å²) < 4.78 is 26.7. The number of nitrogens with one attached hydrogen (secondary N) is 2. The fourth-order valence-electron chi connectivity index (χ4n) is 3.00. The maximum Gasteiger partial charge on any atom is 0.257 e. The number of aliphatic hydroxyl groups is 1. The number of nitrogens with two attached hydrogens (primary N) is 1. The van der Waals surface area contributed by atoms with Gasteiger partial charge in [0.15, 0.2) is 6.10 Å². The van der Waals surface area contributed by atoms with Crippen molar-refractivity contribution in [1.82, 2.24) is 10.3 Å². The summed E-state index contributed by atoms with van der Waals surface area (Å²) in [5, 5.41) is 15.3. The summed E-state index contributed by atoms with van der Waals surface area (Å²) in [5.74, 6) is -2.86. The highest BCUT2D eigenvalue weighted by Gasteiger charge is 2.19. The van der Waals surface area contributed by atoms with Gasteiger partial charge in [0.05, 0.1) is 5.56 Å². The summed E-state index contributed by atoms with van der Waals surface area (Å²) in [6.45, 7) is 3.67. The van der Waals surface area contributed by atoms with Crippen molar-refractivity contribution in [3.05, 3.63) is 77.5 Å². The summed E-state index contributed by atoms with van der Waals surface area (Å²) in [5.41, 5.74) is 7.59. The Morgan fingerprint density at radius 1 is 1.00 bits per heavy atom. The minimum Gasteiger partial charge on any atom is -0.383 e. The molecule has 3 aromatic rings. The number of hydrogen-bond acceptors (Lipinski definition) is 5. The number of carbonyl (C=O) groups excluding carboxylic acids is 2. The first kappa shape index (κ1) is 22.8. The monoisotopic (exact) mass is 440 g/mol. The number of benzene rings is 2. The molecule has 0 saturated carbocycles. The molecule has 166 valence electrons. The van der Waals surface area contributed by atoms with Gasteiger partial charge < -0.3 is 21.5 Å². The average molecular weight is 440 g/mol. The van der Waals surface area contributed by atoms with Crippen LogP contribution in [0.25, 0.3) is 11.1 Å². The van der Waals surface area contributed by atoms with Crippen molar-refractivity contribution in [1.29, 1.82) is 0 Å². The van der Waals surface area contributed by atoms with Crippen molar-refractivity contribution in [3.63, 3.8) is 0 Å². The highest BCUT2D eigenvalue weighted by molar-refractivity contribution is 5.99. The molecule has 0 bridgehead atoms. The molecule has 0 spiro atoms. The van der Waals surface area contributed by atoms with Gasteiger partial charge in [-0.3, -0.25) is 9.59 Å². The van der Waals surface area contributed by atoms with Crippen molar-refractivity contribution in [3.8, 4) is 11.1 Å². The normalized spacial score (nSPS) is 11.8. The Hall–Kier alpha value is -3.85. The Morgan fingerprint density at radius 2 is 1.62 bits per heavy atom. The maximum atomic E-state index is 13.3. The average Bonchev–Trinajstić information content (AvgIpc) is 2.73. The Bertz CT molecular complexity index is 1130. The first-order valence-electron chi connectivity index (χ1n) is 9.76. The Balaban J connectivity index is 1.75. The van der Waals surface area contributed by atoms with Crippen LogP contribution in [0.3, 0.4) is 0 Å². The van der Waals surface area contributed by atoms with E-state index in [-0.39, 0.29) is 28.9 Å². The molecule has 1 heterocycles. The largest absolute Gasteiger partial charge is 0.383 e. The lowest BCUT2D eigenvalue weighted by Gasteiger charge is -2.13. The van der Waals surface area contributed by atoms with E-state index in [1.807, 2.05) is 13.8 Å². The first-order chi connectivity index (χ1) is 15.1. The number of rotatable bonds is 6. The predicted octanol–water partition coefficient (Wildman–Crippen LogP) is 3.42. The minimum atomic E-state index is -1.75. The van der Waals surface area contributed by atoms with Gasteiger partial charge in [-0.15, -0.1) is 0 Å². The van der Waals surface area contributed by atoms with E-state index in [2.05, 4.69) is 15.6 Å². The number of aliphatic hydroxyl groups excluding tert-OH is 1. The Morgan fingerprint density at radius 3 is 2.22 bits per heavy atom. The van der Waals surface area contributed by atoms with Crippen LogP contribution in [0.1, 0.15) is 35.9 Å². The highest BCUT2D eigenvalue weighted by atomic mass is 19.1. The Labute approximate surface area is 183 Å². The fraction of sp³-hybridized carbons (Fsp3) is 0.174. The van der Waals surface area contributed by atoms with Gasteiger partial charge in [-0.2, -0.15) is 0 Å². The van der Waals surface area contributed by atoms with Gasteiger partial charge in [0.25, 0.3) is 11.8 Å². The molecule has 9 heteroatoms. The Kier molecular flexibility index (Phi) is 6.79. The minimum absolute atomic E-state index is 0.0623. The summed E-state index contributed by atoms with van der Waals surface area (Å²) in [6.07, 6.45) is -0.222. The highest BCUT2D eigenvalue weighted by Crippen LogP contribution is 2.25. The second kappa shape index (κ2) is 9.52. The van der Waals surface area contributed by atoms with Crippen LogP contribution in [0.5, 0.6) is 0 Å². The van der Waals surface area contributed by atoms with Crippen LogP contribution in [-0.2, 0) is 4.79 Å². The SMILES string of the molecule is CC(C)NC(=O)c1cc(-c2ccc(NC(=O)[C@@H](O)c3cc(F)cc(F)c3)cc2)cnc1N. The van der Waals surface area contributed by atoms with E-state index in [9.17, 15) is 23.5 Å². The van der Waals surface area contributed by atoms with Crippen LogP contribution in [0, 0.1) is 11.6 Å². The molecule has 1 atom stereocenters. The molecule has 0 radical (unpaired) electrons. The van der Waals surface area contributed by atoms with E-state index in [4.69, 9.17) is 5.73 Å². The third-order valence-corrected chi connectivity index (χ3v) is 4.52. The maximum absolute atomic E-state index is 13.3. The van der Waals surface area contributed by atoms with Crippen LogP contribution in [0.4, 0.5) is 20.3 Å². The van der Waals surface area contributed by atoms with Crippen LogP contribution < -0.4 is 16.4 Å². The summed E-state index contributed by atoms with van der Waals surface area (Å²) >= 11 is 0. The second-order valence-corrected chi connectivity index (χ2v) is 7.46. The number of nitrogen functional groups attached to an aromatic ring is 1. The molecule has 0 unspecified atom stereocenters. The molecule has 1 aromatic heterocycles. The molecule has 0 aliphatic rings. The van der Waals surface area contributed by atoms with Crippen LogP contribution >= 0.6 is 0 Å². The molecule has 7 nitrogen and oxygen atoms in total. The van der Waals surface area contributed by atoms with Crippen LogP contribution in [-0.4, -0.2) is 27.9 Å². The number of amides is 2. The van der Waals surface area contributed by atoms with E-state index >= 15 is 0 Å². The van der Waals surface area contributed by atoms with Gasteiger partial charge in [0, 0.05) is 29.6 Å². The quantitative estimate of drug-likeness (QED) is 0.469. The zero-order valence-corrected chi connectivity index (χ0v) is 17.4. The standard InChI is InChI=1S/C23H22F2N4O3/c1-12(2)28-22(31)19-9-15(11-27-21(19)26)13-3-5-18(6-4-13)29-23(32)20(30)14-7-16(24)10-17(25)8-14/h3-12,20,30H,1-2H3,(H2,26,27)(H,28,31)(H,29,32)/t20-/m0/s1. The topological polar surface area (TPSA) is 117 Å². The molecule has 2 aromatic carbocycles. The molecule has 5 N–H and O–H groups in total.